The highest BCUT2D eigenvalue weighted by Crippen LogP contribution is 2.15. The Balaban J connectivity index is 0.00000249. The summed E-state index contributed by atoms with van der Waals surface area (Å²) in [6.45, 7) is 12.6. The third-order valence-corrected chi connectivity index (χ3v) is 4.96. The van der Waals surface area contributed by atoms with Crippen LogP contribution < -0.4 is 10.6 Å². The minimum atomic E-state index is -0.917. The van der Waals surface area contributed by atoms with Gasteiger partial charge in [-0.1, -0.05) is 45.9 Å². The first kappa shape index (κ1) is 27.7. The molecule has 0 aliphatic carbocycles. The van der Waals surface area contributed by atoms with Gasteiger partial charge < -0.3 is 15.7 Å². The Hall–Kier alpha value is -2.31. The van der Waals surface area contributed by atoms with Crippen LogP contribution in [0.25, 0.3) is 0 Å². The minimum Gasteiger partial charge on any atom is -0.390 e. The van der Waals surface area contributed by atoms with E-state index in [4.69, 9.17) is 0 Å². The summed E-state index contributed by atoms with van der Waals surface area (Å²) in [7, 11) is 0. The molecule has 0 bridgehead atoms. The van der Waals surface area contributed by atoms with Gasteiger partial charge in [0.05, 0.1) is 12.1 Å². The predicted molar refractivity (Wildman–Crippen MR) is 126 cm³/mol. The Morgan fingerprint density at radius 2 is 1.62 bits per heavy atom. The zero-order chi connectivity index (χ0) is 24.3. The van der Waals surface area contributed by atoms with Crippen LogP contribution in [0.15, 0.2) is 36.4 Å². The fourth-order valence-electron chi connectivity index (χ4n) is 3.54. The van der Waals surface area contributed by atoms with Crippen molar-refractivity contribution in [3.05, 3.63) is 70.3 Å². The fourth-order valence-corrected chi connectivity index (χ4v) is 3.54. The maximum atomic E-state index is 13.5. The molecule has 0 heterocycles. The first-order valence-corrected chi connectivity index (χ1v) is 11.3. The molecule has 0 aliphatic heterocycles. The van der Waals surface area contributed by atoms with E-state index in [1.165, 1.54) is 24.6 Å². The van der Waals surface area contributed by atoms with E-state index in [9.17, 15) is 18.7 Å². The topological polar surface area (TPSA) is 61.4 Å². The second kappa shape index (κ2) is 14.0. The van der Waals surface area contributed by atoms with Crippen molar-refractivity contribution in [2.75, 3.05) is 6.54 Å². The lowest BCUT2D eigenvalue weighted by atomic mass is 9.98. The minimum absolute atomic E-state index is 0.125. The average Bonchev–Trinajstić information content (AvgIpc) is 2.69. The number of nitrogens with one attached hydrogen (secondary N) is 2. The highest BCUT2D eigenvalue weighted by Gasteiger charge is 2.21. The van der Waals surface area contributed by atoms with Gasteiger partial charge in [0, 0.05) is 26.1 Å². The van der Waals surface area contributed by atoms with Gasteiger partial charge in [0.25, 0.3) is 0 Å². The van der Waals surface area contributed by atoms with E-state index >= 15 is 0 Å². The number of carbonyl (C=O) groups excluding carboxylic acids is 1. The van der Waals surface area contributed by atoms with Gasteiger partial charge in [-0.05, 0) is 60.1 Å². The number of hydrogen-bond donors (Lipinski definition) is 3. The quantitative estimate of drug-likeness (QED) is 0.494. The molecule has 4 nitrogen and oxygen atoms in total. The van der Waals surface area contributed by atoms with Gasteiger partial charge in [-0.15, -0.1) is 0 Å². The smallest absolute Gasteiger partial charge is 0.217 e. The van der Waals surface area contributed by atoms with Crippen LogP contribution in [-0.2, 0) is 24.2 Å². The summed E-state index contributed by atoms with van der Waals surface area (Å²) < 4.78 is 27.0. The van der Waals surface area contributed by atoms with Crippen LogP contribution in [0, 0.1) is 24.5 Å². The molecule has 0 fully saturated rings. The van der Waals surface area contributed by atoms with Crippen LogP contribution in [0.3, 0.4) is 0 Å². The molecule has 2 unspecified atom stereocenters. The third kappa shape index (κ3) is 9.88. The molecule has 6 heteroatoms. The van der Waals surface area contributed by atoms with Gasteiger partial charge in [-0.3, -0.25) is 4.79 Å². The van der Waals surface area contributed by atoms with E-state index in [1.807, 2.05) is 20.8 Å². The molecule has 0 aromatic heterocycles. The average molecular weight is 449 g/mol. The van der Waals surface area contributed by atoms with E-state index in [0.717, 1.165) is 23.6 Å². The molecule has 178 valence electrons. The summed E-state index contributed by atoms with van der Waals surface area (Å²) in [5.41, 5.74) is 3.97. The lowest BCUT2D eigenvalue weighted by Gasteiger charge is -2.24. The van der Waals surface area contributed by atoms with Crippen molar-refractivity contribution in [1.29, 1.82) is 0 Å². The van der Waals surface area contributed by atoms with Gasteiger partial charge in [0.1, 0.15) is 11.6 Å². The van der Waals surface area contributed by atoms with E-state index in [2.05, 4.69) is 42.7 Å². The molecule has 0 saturated heterocycles. The van der Waals surface area contributed by atoms with Crippen LogP contribution in [0.4, 0.5) is 8.78 Å². The highest BCUT2D eigenvalue weighted by atomic mass is 19.1. The number of carbonyl (C=O) groups is 1. The summed E-state index contributed by atoms with van der Waals surface area (Å²) in [4.78, 5) is 11.6. The molecular formula is C26H38F2N2O2. The molecule has 32 heavy (non-hydrogen) atoms. The van der Waals surface area contributed by atoms with Gasteiger partial charge >= 0.3 is 0 Å². The maximum Gasteiger partial charge on any atom is 0.217 e. The predicted octanol–water partition coefficient (Wildman–Crippen LogP) is 4.70. The van der Waals surface area contributed by atoms with E-state index in [0.29, 0.717) is 18.0 Å². The van der Waals surface area contributed by atoms with Crippen molar-refractivity contribution in [3.63, 3.8) is 0 Å². The van der Waals surface area contributed by atoms with Crippen LogP contribution in [-0.4, -0.2) is 29.7 Å². The number of amides is 1. The Morgan fingerprint density at radius 1 is 1.00 bits per heavy atom. The Labute approximate surface area is 191 Å². The number of benzene rings is 2. The SMILES string of the molecule is CC.CC(=O)NC(Cc1cc(F)cc(F)c1)C(O)CNCc1cc(CC(C)C)ccc1C. The number of halogens is 2. The third-order valence-electron chi connectivity index (χ3n) is 4.96. The lowest BCUT2D eigenvalue weighted by Crippen LogP contribution is -2.48. The van der Waals surface area contributed by atoms with E-state index < -0.39 is 23.8 Å². The number of aliphatic hydroxyl groups is 1. The van der Waals surface area contributed by atoms with Crippen molar-refractivity contribution >= 4 is 5.91 Å². The molecule has 3 N–H and O–H groups in total. The summed E-state index contributed by atoms with van der Waals surface area (Å²) in [6, 6.07) is 8.97. The Kier molecular flexibility index (Phi) is 12.1. The van der Waals surface area contributed by atoms with Gasteiger partial charge in [0.15, 0.2) is 0 Å². The van der Waals surface area contributed by atoms with Crippen molar-refractivity contribution < 1.29 is 18.7 Å². The Morgan fingerprint density at radius 3 is 2.19 bits per heavy atom. The van der Waals surface area contributed by atoms with Gasteiger partial charge in [-0.2, -0.15) is 0 Å². The molecule has 0 saturated carbocycles. The van der Waals surface area contributed by atoms with Gasteiger partial charge in [0.2, 0.25) is 5.91 Å². The molecule has 0 spiro atoms. The molecule has 2 aromatic carbocycles. The second-order valence-electron chi connectivity index (χ2n) is 8.35. The van der Waals surface area contributed by atoms with Crippen molar-refractivity contribution in [1.82, 2.24) is 10.6 Å². The number of rotatable bonds is 10. The highest BCUT2D eigenvalue weighted by molar-refractivity contribution is 5.73. The number of aliphatic hydroxyl groups excluding tert-OH is 1. The van der Waals surface area contributed by atoms with Crippen LogP contribution in [0.1, 0.15) is 56.9 Å². The molecule has 2 rings (SSSR count). The normalized spacial score (nSPS) is 12.7. The molecule has 1 amide bonds. The number of aryl methyl sites for hydroxylation is 1. The molecule has 2 atom stereocenters. The summed E-state index contributed by atoms with van der Waals surface area (Å²) in [5, 5.41) is 16.5. The fraction of sp³-hybridized carbons (Fsp3) is 0.500. The molecule has 0 radical (unpaired) electrons. The monoisotopic (exact) mass is 448 g/mol. The zero-order valence-corrected chi connectivity index (χ0v) is 20.1. The first-order chi connectivity index (χ1) is 15.1. The summed E-state index contributed by atoms with van der Waals surface area (Å²) >= 11 is 0. The van der Waals surface area contributed by atoms with Crippen LogP contribution in [0.2, 0.25) is 0 Å². The summed E-state index contributed by atoms with van der Waals surface area (Å²) in [5.74, 6) is -1.11. The van der Waals surface area contributed by atoms with Crippen LogP contribution >= 0.6 is 0 Å². The number of hydrogen-bond acceptors (Lipinski definition) is 3. The Bertz CT molecular complexity index is 835. The lowest BCUT2D eigenvalue weighted by molar-refractivity contribution is -0.120. The molecule has 2 aromatic rings. The standard InChI is InChI=1S/C24H32F2N2O2.C2H6/c1-15(2)7-18-6-5-16(3)20(8-18)13-27-14-24(30)23(28-17(4)29)11-19-9-21(25)12-22(26)10-19;1-2/h5-6,8-10,12,15,23-24,27,30H,7,11,13-14H2,1-4H3,(H,28,29);1-2H3. The van der Waals surface area contributed by atoms with Crippen molar-refractivity contribution in [2.45, 2.75) is 73.1 Å². The largest absolute Gasteiger partial charge is 0.390 e. The molecular weight excluding hydrogens is 410 g/mol. The van der Waals surface area contributed by atoms with Gasteiger partial charge in [-0.25, -0.2) is 8.78 Å². The second-order valence-corrected chi connectivity index (χ2v) is 8.35. The van der Waals surface area contributed by atoms with Crippen molar-refractivity contribution in [2.24, 2.45) is 5.92 Å². The zero-order valence-electron chi connectivity index (χ0n) is 20.1. The first-order valence-electron chi connectivity index (χ1n) is 11.3. The summed E-state index contributed by atoms with van der Waals surface area (Å²) in [6.07, 6.45) is 0.212. The van der Waals surface area contributed by atoms with E-state index in [1.54, 1.807) is 0 Å². The maximum absolute atomic E-state index is 13.5. The van der Waals surface area contributed by atoms with Crippen molar-refractivity contribution in [3.8, 4) is 0 Å². The molecule has 0 aliphatic rings. The van der Waals surface area contributed by atoms with E-state index in [-0.39, 0.29) is 18.9 Å². The van der Waals surface area contributed by atoms with Crippen LogP contribution in [0.5, 0.6) is 0 Å².